The zero-order valence-electron chi connectivity index (χ0n) is 13.1. The molecule has 1 fully saturated rings. The molecule has 2 aromatic rings. The van der Waals surface area contributed by atoms with Gasteiger partial charge in [0.15, 0.2) is 5.65 Å². The molecule has 0 aromatic carbocycles. The van der Waals surface area contributed by atoms with Gasteiger partial charge in [0.25, 0.3) is 0 Å². The van der Waals surface area contributed by atoms with Crippen molar-refractivity contribution < 1.29 is 4.74 Å². The molecule has 1 aliphatic heterocycles. The second-order valence-electron chi connectivity index (χ2n) is 5.95. The highest BCUT2D eigenvalue weighted by Crippen LogP contribution is 2.34. The van der Waals surface area contributed by atoms with E-state index < -0.39 is 0 Å². The Morgan fingerprint density at radius 3 is 3.05 bits per heavy atom. The van der Waals surface area contributed by atoms with Gasteiger partial charge in [-0.1, -0.05) is 0 Å². The van der Waals surface area contributed by atoms with Gasteiger partial charge in [0.1, 0.15) is 11.3 Å². The summed E-state index contributed by atoms with van der Waals surface area (Å²) in [6.07, 6.45) is 4.25. The lowest BCUT2D eigenvalue weighted by Gasteiger charge is -2.28. The quantitative estimate of drug-likeness (QED) is 0.848. The van der Waals surface area contributed by atoms with Gasteiger partial charge in [-0.2, -0.15) is 0 Å². The van der Waals surface area contributed by atoms with Gasteiger partial charge in [0.2, 0.25) is 0 Å². The summed E-state index contributed by atoms with van der Waals surface area (Å²) in [4.78, 5) is 12.0. The predicted molar refractivity (Wildman–Crippen MR) is 83.2 cm³/mol. The summed E-state index contributed by atoms with van der Waals surface area (Å²) in [6.45, 7) is 7.17. The molecule has 1 aliphatic rings. The minimum atomic E-state index is 0.399. The molecule has 0 aliphatic carbocycles. The summed E-state index contributed by atoms with van der Waals surface area (Å²) in [5.74, 6) is 1.15. The first-order valence-electron chi connectivity index (χ1n) is 7.78. The Hall–Kier alpha value is -1.46. The largest absolute Gasteiger partial charge is 0.383 e. The Bertz CT molecular complexity index is 607. The van der Waals surface area contributed by atoms with Gasteiger partial charge >= 0.3 is 0 Å². The molecule has 1 saturated heterocycles. The first-order valence-corrected chi connectivity index (χ1v) is 7.78. The SMILES string of the molecule is COCCn1c(C2CCCN2C(C)C)nc2cccnc21. The molecule has 21 heavy (non-hydrogen) atoms. The number of hydrogen-bond acceptors (Lipinski definition) is 4. The van der Waals surface area contributed by atoms with Gasteiger partial charge in [-0.15, -0.1) is 0 Å². The normalized spacial score (nSPS) is 19.9. The van der Waals surface area contributed by atoms with E-state index in [-0.39, 0.29) is 0 Å². The number of hydrogen-bond donors (Lipinski definition) is 0. The van der Waals surface area contributed by atoms with Crippen molar-refractivity contribution in [3.63, 3.8) is 0 Å². The molecule has 5 nitrogen and oxygen atoms in total. The lowest BCUT2D eigenvalue weighted by atomic mass is 10.2. The average Bonchev–Trinajstić information content (AvgIpc) is 3.09. The maximum atomic E-state index is 5.27. The van der Waals surface area contributed by atoms with Gasteiger partial charge in [-0.05, 0) is 45.4 Å². The van der Waals surface area contributed by atoms with Crippen molar-refractivity contribution in [3.8, 4) is 0 Å². The zero-order chi connectivity index (χ0) is 14.8. The van der Waals surface area contributed by atoms with Crippen molar-refractivity contribution in [1.82, 2.24) is 19.4 Å². The molecule has 5 heteroatoms. The van der Waals surface area contributed by atoms with Gasteiger partial charge in [0.05, 0.1) is 12.6 Å². The van der Waals surface area contributed by atoms with Crippen LogP contribution in [0.15, 0.2) is 18.3 Å². The van der Waals surface area contributed by atoms with E-state index >= 15 is 0 Å². The van der Waals surface area contributed by atoms with Gasteiger partial charge < -0.3 is 9.30 Å². The third-order valence-corrected chi connectivity index (χ3v) is 4.31. The molecule has 0 amide bonds. The molecule has 0 bridgehead atoms. The van der Waals surface area contributed by atoms with E-state index in [9.17, 15) is 0 Å². The van der Waals surface area contributed by atoms with E-state index in [2.05, 4.69) is 28.3 Å². The smallest absolute Gasteiger partial charge is 0.160 e. The average molecular weight is 288 g/mol. The molecule has 3 heterocycles. The highest BCUT2D eigenvalue weighted by molar-refractivity contribution is 5.71. The number of likely N-dealkylation sites (tertiary alicyclic amines) is 1. The maximum absolute atomic E-state index is 5.27. The van der Waals surface area contributed by atoms with Crippen LogP contribution in [0.25, 0.3) is 11.2 Å². The van der Waals surface area contributed by atoms with E-state index in [1.54, 1.807) is 7.11 Å². The third kappa shape index (κ3) is 2.68. The second-order valence-corrected chi connectivity index (χ2v) is 5.95. The molecule has 0 saturated carbocycles. The number of pyridine rings is 1. The number of ether oxygens (including phenoxy) is 1. The minimum Gasteiger partial charge on any atom is -0.383 e. The van der Waals surface area contributed by atoms with Gasteiger partial charge in [-0.25, -0.2) is 9.97 Å². The molecule has 1 unspecified atom stereocenters. The second kappa shape index (κ2) is 6.12. The standard InChI is InChI=1S/C16H24N4O/c1-12(2)19-9-5-7-14(19)16-18-13-6-4-8-17-15(13)20(16)10-11-21-3/h4,6,8,12,14H,5,7,9-11H2,1-3H3. The number of nitrogens with zero attached hydrogens (tertiary/aromatic N) is 4. The maximum Gasteiger partial charge on any atom is 0.160 e. The highest BCUT2D eigenvalue weighted by Gasteiger charge is 2.32. The molecular weight excluding hydrogens is 264 g/mol. The Morgan fingerprint density at radius 2 is 2.29 bits per heavy atom. The van der Waals surface area contributed by atoms with Crippen molar-refractivity contribution in [2.24, 2.45) is 0 Å². The van der Waals surface area contributed by atoms with Crippen molar-refractivity contribution in [2.75, 3.05) is 20.3 Å². The molecule has 2 aromatic heterocycles. The van der Waals surface area contributed by atoms with Crippen molar-refractivity contribution >= 4 is 11.2 Å². The summed E-state index contributed by atoms with van der Waals surface area (Å²) in [5.41, 5.74) is 1.96. The molecule has 1 atom stereocenters. The van der Waals surface area contributed by atoms with Crippen LogP contribution in [0.5, 0.6) is 0 Å². The Kier molecular flexibility index (Phi) is 4.22. The van der Waals surface area contributed by atoms with Crippen LogP contribution in [0.3, 0.4) is 0 Å². The summed E-state index contributed by atoms with van der Waals surface area (Å²) in [5, 5.41) is 0. The first-order chi connectivity index (χ1) is 10.2. The third-order valence-electron chi connectivity index (χ3n) is 4.31. The summed E-state index contributed by atoms with van der Waals surface area (Å²) in [7, 11) is 1.74. The van der Waals surface area contributed by atoms with Crippen LogP contribution in [0.2, 0.25) is 0 Å². The van der Waals surface area contributed by atoms with Crippen LogP contribution in [-0.4, -0.2) is 45.7 Å². The summed E-state index contributed by atoms with van der Waals surface area (Å²) < 4.78 is 7.51. The number of methoxy groups -OCH3 is 1. The van der Waals surface area contributed by atoms with Crippen molar-refractivity contribution in [2.45, 2.75) is 45.3 Å². The van der Waals surface area contributed by atoms with E-state index in [1.165, 1.54) is 12.8 Å². The van der Waals surface area contributed by atoms with Gasteiger partial charge in [-0.3, -0.25) is 4.90 Å². The van der Waals surface area contributed by atoms with Crippen LogP contribution in [0, 0.1) is 0 Å². The van der Waals surface area contributed by atoms with E-state index in [1.807, 2.05) is 18.3 Å². The summed E-state index contributed by atoms with van der Waals surface area (Å²) >= 11 is 0. The molecule has 114 valence electrons. The van der Waals surface area contributed by atoms with E-state index in [4.69, 9.17) is 9.72 Å². The number of aromatic nitrogens is 3. The molecule has 0 N–H and O–H groups in total. The Balaban J connectivity index is 2.04. The van der Waals surface area contributed by atoms with Crippen molar-refractivity contribution in [3.05, 3.63) is 24.2 Å². The van der Waals surface area contributed by atoms with E-state index in [0.717, 1.165) is 30.1 Å². The fraction of sp³-hybridized carbons (Fsp3) is 0.625. The van der Waals surface area contributed by atoms with Crippen LogP contribution < -0.4 is 0 Å². The lowest BCUT2D eigenvalue weighted by Crippen LogP contribution is -2.32. The minimum absolute atomic E-state index is 0.399. The Labute approximate surface area is 125 Å². The van der Waals surface area contributed by atoms with Crippen molar-refractivity contribution in [1.29, 1.82) is 0 Å². The molecule has 3 rings (SSSR count). The lowest BCUT2D eigenvalue weighted by molar-refractivity contribution is 0.175. The zero-order valence-corrected chi connectivity index (χ0v) is 13.1. The predicted octanol–water partition coefficient (Wildman–Crippen LogP) is 2.62. The number of imidazole rings is 1. The van der Waals surface area contributed by atoms with Gasteiger partial charge in [0, 0.05) is 25.9 Å². The summed E-state index contributed by atoms with van der Waals surface area (Å²) in [6, 6.07) is 4.94. The first kappa shape index (κ1) is 14.5. The van der Waals surface area contributed by atoms with Crippen LogP contribution in [0.1, 0.15) is 38.6 Å². The van der Waals surface area contributed by atoms with Crippen LogP contribution in [-0.2, 0) is 11.3 Å². The molecular formula is C16H24N4O. The molecule has 0 spiro atoms. The van der Waals surface area contributed by atoms with Crippen LogP contribution in [0.4, 0.5) is 0 Å². The topological polar surface area (TPSA) is 43.2 Å². The Morgan fingerprint density at radius 1 is 1.43 bits per heavy atom. The fourth-order valence-electron chi connectivity index (χ4n) is 3.32. The molecule has 0 radical (unpaired) electrons. The number of rotatable bonds is 5. The monoisotopic (exact) mass is 288 g/mol. The highest BCUT2D eigenvalue weighted by atomic mass is 16.5. The van der Waals surface area contributed by atoms with E-state index in [0.29, 0.717) is 18.7 Å². The van der Waals surface area contributed by atoms with Crippen LogP contribution >= 0.6 is 0 Å². The number of fused-ring (bicyclic) bond motifs is 1. The fourth-order valence-corrected chi connectivity index (χ4v) is 3.32.